The summed E-state index contributed by atoms with van der Waals surface area (Å²) in [5, 5.41) is 0. The molecule has 0 aliphatic carbocycles. The second-order valence-electron chi connectivity index (χ2n) is 3.77. The molecule has 1 aliphatic heterocycles. The lowest BCUT2D eigenvalue weighted by atomic mass is 10.4. The summed E-state index contributed by atoms with van der Waals surface area (Å²) in [6.45, 7) is 5.94. The van der Waals surface area contributed by atoms with Crippen molar-refractivity contribution in [2.45, 2.75) is 26.3 Å². The second kappa shape index (κ2) is 2.74. The third-order valence-corrected chi connectivity index (χ3v) is 5.39. The van der Waals surface area contributed by atoms with Gasteiger partial charge in [0.1, 0.15) is 0 Å². The molecule has 1 heterocycles. The summed E-state index contributed by atoms with van der Waals surface area (Å²) in [6.07, 6.45) is 6.28. The number of nitrogens with zero attached hydrogens (tertiary/aromatic N) is 1. The molecule has 0 radical (unpaired) electrons. The average Bonchev–Trinajstić information content (AvgIpc) is 2.08. The van der Waals surface area contributed by atoms with Gasteiger partial charge < -0.3 is 0 Å². The van der Waals surface area contributed by atoms with Crippen molar-refractivity contribution < 1.29 is 0 Å². The van der Waals surface area contributed by atoms with Crippen molar-refractivity contribution in [3.63, 3.8) is 0 Å². The Kier molecular flexibility index (Phi) is 2.31. The van der Waals surface area contributed by atoms with Crippen molar-refractivity contribution in [1.82, 2.24) is 4.31 Å². The summed E-state index contributed by atoms with van der Waals surface area (Å²) in [5.41, 5.74) is 0. The normalized spacial score (nSPS) is 29.3. The van der Waals surface area contributed by atoms with Gasteiger partial charge in [0.2, 0.25) is 0 Å². The maximum Gasteiger partial charge on any atom is 0.0130 e. The molecular formula is C8H19NS. The first-order chi connectivity index (χ1) is 4.54. The van der Waals surface area contributed by atoms with E-state index >= 15 is 0 Å². The molecule has 2 heteroatoms. The van der Waals surface area contributed by atoms with Gasteiger partial charge in [0.25, 0.3) is 0 Å². The molecule has 0 aromatic heterocycles. The van der Waals surface area contributed by atoms with Gasteiger partial charge in [0.05, 0.1) is 0 Å². The number of hydrogen-bond acceptors (Lipinski definition) is 1. The lowest BCUT2D eigenvalue weighted by molar-refractivity contribution is 0.409. The second-order valence-corrected chi connectivity index (χ2v) is 7.61. The fourth-order valence-electron chi connectivity index (χ4n) is 1.77. The minimum atomic E-state index is -0.353. The molecule has 1 fully saturated rings. The van der Waals surface area contributed by atoms with Crippen molar-refractivity contribution in [1.29, 1.82) is 0 Å². The molecule has 10 heavy (non-hydrogen) atoms. The lowest BCUT2D eigenvalue weighted by Crippen LogP contribution is -2.28. The molecule has 0 spiro atoms. The molecule has 1 saturated heterocycles. The molecule has 62 valence electrons. The number of hydrogen-bond donors (Lipinski definition) is 0. The third-order valence-electron chi connectivity index (χ3n) is 2.23. The Morgan fingerprint density at radius 3 is 2.10 bits per heavy atom. The van der Waals surface area contributed by atoms with Crippen LogP contribution in [0.4, 0.5) is 0 Å². The molecule has 1 nitrogen and oxygen atoms in total. The summed E-state index contributed by atoms with van der Waals surface area (Å²) >= 11 is 0. The Hall–Kier alpha value is 0.310. The highest BCUT2D eigenvalue weighted by atomic mass is 32.3. The third kappa shape index (κ3) is 1.48. The van der Waals surface area contributed by atoms with E-state index in [2.05, 4.69) is 30.7 Å². The summed E-state index contributed by atoms with van der Waals surface area (Å²) in [4.78, 5) is 0. The van der Waals surface area contributed by atoms with Crippen molar-refractivity contribution in [3.8, 4) is 0 Å². The van der Waals surface area contributed by atoms with Crippen LogP contribution in [-0.2, 0) is 0 Å². The Bertz CT molecular complexity index is 120. The summed E-state index contributed by atoms with van der Waals surface area (Å²) < 4.78 is 2.67. The first kappa shape index (κ1) is 8.41. The molecule has 0 aromatic rings. The smallest absolute Gasteiger partial charge is 0.0130 e. The van der Waals surface area contributed by atoms with Crippen LogP contribution in [0.1, 0.15) is 20.3 Å². The summed E-state index contributed by atoms with van der Waals surface area (Å²) in [7, 11) is -0.353. The van der Waals surface area contributed by atoms with E-state index in [9.17, 15) is 0 Å². The van der Waals surface area contributed by atoms with E-state index in [0.717, 1.165) is 6.04 Å². The van der Waals surface area contributed by atoms with Gasteiger partial charge in [-0.3, -0.25) is 4.31 Å². The van der Waals surface area contributed by atoms with E-state index < -0.39 is 0 Å². The predicted octanol–water partition coefficient (Wildman–Crippen LogP) is 2.08. The van der Waals surface area contributed by atoms with Crippen LogP contribution in [0.3, 0.4) is 0 Å². The highest BCUT2D eigenvalue weighted by molar-refractivity contribution is 8.30. The van der Waals surface area contributed by atoms with Crippen LogP contribution in [-0.4, -0.2) is 35.2 Å². The van der Waals surface area contributed by atoms with Crippen LogP contribution in [0.2, 0.25) is 0 Å². The van der Waals surface area contributed by atoms with Gasteiger partial charge >= 0.3 is 0 Å². The Labute approximate surface area is 66.2 Å². The standard InChI is InChI=1S/C8H19NS/c1-8(2)9-6-5-7-10(9,3)4/h8H,5-7H2,1-4H3. The van der Waals surface area contributed by atoms with Gasteiger partial charge in [0, 0.05) is 12.6 Å². The van der Waals surface area contributed by atoms with Gasteiger partial charge in [-0.05, 0) is 38.5 Å². The first-order valence-electron chi connectivity index (χ1n) is 4.02. The van der Waals surface area contributed by atoms with Gasteiger partial charge in [-0.2, -0.15) is 10.2 Å². The van der Waals surface area contributed by atoms with Crippen molar-refractivity contribution in [2.75, 3.05) is 24.8 Å². The molecule has 0 amide bonds. The largest absolute Gasteiger partial charge is 0.265 e. The Morgan fingerprint density at radius 2 is 1.90 bits per heavy atom. The van der Waals surface area contributed by atoms with E-state index in [1.54, 1.807) is 0 Å². The van der Waals surface area contributed by atoms with E-state index in [4.69, 9.17) is 0 Å². The zero-order chi connectivity index (χ0) is 7.78. The molecular weight excluding hydrogens is 142 g/mol. The van der Waals surface area contributed by atoms with Gasteiger partial charge in [-0.15, -0.1) is 0 Å². The molecule has 0 bridgehead atoms. The SMILES string of the molecule is CC(C)N1CCCS1(C)C. The fourth-order valence-corrected chi connectivity index (χ4v) is 4.60. The molecule has 1 rings (SSSR count). The zero-order valence-corrected chi connectivity index (χ0v) is 8.37. The highest BCUT2D eigenvalue weighted by Crippen LogP contribution is 2.50. The maximum absolute atomic E-state index is 2.67. The summed E-state index contributed by atoms with van der Waals surface area (Å²) in [6, 6.07) is 0.757. The van der Waals surface area contributed by atoms with Gasteiger partial charge in [-0.1, -0.05) is 0 Å². The molecule has 0 unspecified atom stereocenters. The Balaban J connectivity index is 2.59. The molecule has 1 aliphatic rings. The van der Waals surface area contributed by atoms with Crippen LogP contribution in [0.5, 0.6) is 0 Å². The quantitative estimate of drug-likeness (QED) is 0.569. The van der Waals surface area contributed by atoms with Crippen LogP contribution in [0, 0.1) is 0 Å². The monoisotopic (exact) mass is 161 g/mol. The van der Waals surface area contributed by atoms with E-state index in [-0.39, 0.29) is 10.2 Å². The molecule has 0 saturated carbocycles. The van der Waals surface area contributed by atoms with Crippen LogP contribution in [0.25, 0.3) is 0 Å². The maximum atomic E-state index is 2.67. The molecule has 0 atom stereocenters. The van der Waals surface area contributed by atoms with E-state index in [1.807, 2.05) is 0 Å². The predicted molar refractivity (Wildman–Crippen MR) is 50.8 cm³/mol. The lowest BCUT2D eigenvalue weighted by Gasteiger charge is -2.39. The minimum Gasteiger partial charge on any atom is -0.265 e. The fraction of sp³-hybridized carbons (Fsp3) is 1.00. The van der Waals surface area contributed by atoms with E-state index in [1.165, 1.54) is 18.7 Å². The van der Waals surface area contributed by atoms with Gasteiger partial charge in [-0.25, -0.2) is 0 Å². The molecule has 0 aromatic carbocycles. The summed E-state index contributed by atoms with van der Waals surface area (Å²) in [5.74, 6) is 1.45. The topological polar surface area (TPSA) is 3.24 Å². The van der Waals surface area contributed by atoms with Crippen LogP contribution in [0.15, 0.2) is 0 Å². The van der Waals surface area contributed by atoms with Crippen LogP contribution >= 0.6 is 10.2 Å². The number of rotatable bonds is 1. The highest BCUT2D eigenvalue weighted by Gasteiger charge is 2.28. The van der Waals surface area contributed by atoms with Crippen molar-refractivity contribution in [2.24, 2.45) is 0 Å². The van der Waals surface area contributed by atoms with Gasteiger partial charge in [0.15, 0.2) is 0 Å². The zero-order valence-electron chi connectivity index (χ0n) is 7.55. The van der Waals surface area contributed by atoms with Crippen molar-refractivity contribution in [3.05, 3.63) is 0 Å². The average molecular weight is 161 g/mol. The van der Waals surface area contributed by atoms with E-state index in [0.29, 0.717) is 0 Å². The van der Waals surface area contributed by atoms with Crippen LogP contribution < -0.4 is 0 Å². The Morgan fingerprint density at radius 1 is 1.30 bits per heavy atom. The van der Waals surface area contributed by atoms with Crippen molar-refractivity contribution >= 4 is 10.2 Å². The minimum absolute atomic E-state index is 0.353. The first-order valence-corrected chi connectivity index (χ1v) is 6.59. The molecule has 0 N–H and O–H groups in total.